The molecule has 83 heavy (non-hydrogen) atoms. The van der Waals surface area contributed by atoms with Crippen LogP contribution in [-0.4, -0.2) is 33.2 Å². The summed E-state index contributed by atoms with van der Waals surface area (Å²) < 4.78 is 11.6. The second kappa shape index (κ2) is 21.1. The van der Waals surface area contributed by atoms with Crippen LogP contribution < -0.4 is 61.4 Å². The molecule has 0 radical (unpaired) electrons. The van der Waals surface area contributed by atoms with Gasteiger partial charge in [-0.25, -0.2) is 0 Å². The molecule has 0 atom stereocenters. The minimum absolute atomic E-state index is 0.0361. The zero-order valence-electron chi connectivity index (χ0n) is 50.3. The Morgan fingerprint density at radius 3 is 0.711 bits per heavy atom. The predicted molar refractivity (Wildman–Crippen MR) is 365 cm³/mol. The normalized spacial score (nSPS) is 13.7. The van der Waals surface area contributed by atoms with E-state index in [0.717, 1.165) is 0 Å². The van der Waals surface area contributed by atoms with Crippen molar-refractivity contribution in [2.75, 3.05) is 9.80 Å². The predicted octanol–water partition coefficient (Wildman–Crippen LogP) is 12.2. The topological polar surface area (TPSA) is 6.48 Å². The van der Waals surface area contributed by atoms with E-state index >= 15 is 0 Å². The summed E-state index contributed by atoms with van der Waals surface area (Å²) in [4.78, 5) is 5.33. The van der Waals surface area contributed by atoms with Crippen molar-refractivity contribution in [3.8, 4) is 0 Å². The van der Waals surface area contributed by atoms with Crippen LogP contribution in [0.25, 0.3) is 0 Å². The third-order valence-electron chi connectivity index (χ3n) is 20.0. The van der Waals surface area contributed by atoms with Gasteiger partial charge in [-0.2, -0.15) is 0 Å². The van der Waals surface area contributed by atoms with E-state index in [1.807, 2.05) is 0 Å². The number of rotatable bonds is 9. The van der Waals surface area contributed by atoms with Crippen molar-refractivity contribution in [3.63, 3.8) is 0 Å². The number of anilines is 6. The summed E-state index contributed by atoms with van der Waals surface area (Å²) in [7, 11) is 0. The van der Waals surface area contributed by atoms with Crippen LogP contribution in [0.15, 0.2) is 224 Å². The molecule has 0 saturated heterocycles. The number of fused-ring (bicyclic) bond motifs is 4. The Morgan fingerprint density at radius 2 is 0.458 bits per heavy atom. The average molecular weight is 1190 g/mol. The summed E-state index contributed by atoms with van der Waals surface area (Å²) in [5, 5.41) is 0. The Labute approximate surface area is 499 Å². The number of benzene rings is 11. The molecular weight excluding hydrogens is 1120 g/mol. The summed E-state index contributed by atoms with van der Waals surface area (Å²) in [6.45, 7) is 28.8. The summed E-state index contributed by atoms with van der Waals surface area (Å²) in [6.07, 6.45) is 0. The molecule has 0 N–H and O–H groups in total. The van der Waals surface area contributed by atoms with Gasteiger partial charge in [0, 0.05) is 0 Å². The van der Waals surface area contributed by atoms with Gasteiger partial charge in [0.25, 0.3) is 0 Å². The van der Waals surface area contributed by atoms with Crippen LogP contribution in [0.1, 0.15) is 66.8 Å². The molecule has 2 heterocycles. The first-order valence-electron chi connectivity index (χ1n) is 29.7. The van der Waals surface area contributed by atoms with Crippen LogP contribution in [-0.2, 0) is 0 Å². The Balaban J connectivity index is 1.05. The van der Waals surface area contributed by atoms with Crippen LogP contribution >= 0.6 is 0 Å². The zero-order chi connectivity index (χ0) is 57.6. The Kier molecular flexibility index (Phi) is 13.8. The van der Waals surface area contributed by atoms with Gasteiger partial charge in [-0.1, -0.05) is 0 Å². The summed E-state index contributed by atoms with van der Waals surface area (Å²) in [5.74, 6) is 0. The number of aryl methyl sites for hydroxylation is 2. The van der Waals surface area contributed by atoms with Crippen LogP contribution in [0.5, 0.6) is 0 Å². The van der Waals surface area contributed by atoms with E-state index in [9.17, 15) is 0 Å². The maximum absolute atomic E-state index is 3.61. The maximum atomic E-state index is 2.67. The van der Waals surface area contributed by atoms with Gasteiger partial charge < -0.3 is 0 Å². The molecular formula is C78H73BGe2N2. The summed E-state index contributed by atoms with van der Waals surface area (Å²) in [5.41, 5.74) is 28.2. The molecule has 0 spiro atoms. The van der Waals surface area contributed by atoms with Gasteiger partial charge in [-0.05, 0) is 0 Å². The van der Waals surface area contributed by atoms with Crippen molar-refractivity contribution in [3.05, 3.63) is 291 Å². The van der Waals surface area contributed by atoms with Gasteiger partial charge in [0.15, 0.2) is 0 Å². The first-order chi connectivity index (χ1) is 40.3. The standard InChI is InChI=1S/C78H73BGe2N2/c1-50-49-51(2)53(4)74(52(50)3)79(75-54(5)58(9)77(59(10)55(75)6)82-70-45-29-25-41-66(70)80(62-33-17-13-18-34-62,63-35-19-14-20-36-63)67-42-26-30-46-71(67)82)76-56(7)60(11)78(61(12)57(76)8)83-72-47-31-27-43-68(72)81(64-37-21-15-22-38-64,65-39-23-16-24-40-65)69-44-28-32-48-73(69)83/h13-49H,1-12H3. The summed E-state index contributed by atoms with van der Waals surface area (Å²) in [6, 6.07) is 85.9. The fraction of sp³-hybridized carbons (Fsp3) is 0.154. The molecule has 0 unspecified atom stereocenters. The molecule has 406 valence electrons. The fourth-order valence-electron chi connectivity index (χ4n) is 15.6. The molecule has 0 fully saturated rings. The quantitative estimate of drug-likeness (QED) is 0.133. The first-order valence-corrected chi connectivity index (χ1v) is 38.1. The van der Waals surface area contributed by atoms with E-state index in [4.69, 9.17) is 0 Å². The van der Waals surface area contributed by atoms with Crippen LogP contribution in [0.2, 0.25) is 0 Å². The number of para-hydroxylation sites is 4. The van der Waals surface area contributed by atoms with Crippen molar-refractivity contribution in [1.29, 1.82) is 0 Å². The van der Waals surface area contributed by atoms with E-state index in [1.54, 1.807) is 0 Å². The van der Waals surface area contributed by atoms with Gasteiger partial charge in [0.1, 0.15) is 0 Å². The molecule has 0 aliphatic carbocycles. The fourth-order valence-corrected chi connectivity index (χ4v) is 37.0. The van der Waals surface area contributed by atoms with Gasteiger partial charge >= 0.3 is 503 Å². The van der Waals surface area contributed by atoms with Crippen molar-refractivity contribution in [1.82, 2.24) is 0 Å². The van der Waals surface area contributed by atoms with Gasteiger partial charge in [0.2, 0.25) is 0 Å². The second-order valence-electron chi connectivity index (χ2n) is 23.8. The van der Waals surface area contributed by atoms with Crippen molar-refractivity contribution >= 4 is 119 Å². The molecule has 2 aliphatic heterocycles. The van der Waals surface area contributed by atoms with Crippen molar-refractivity contribution in [2.24, 2.45) is 0 Å². The molecule has 2 aliphatic rings. The Bertz CT molecular complexity index is 3850. The number of nitrogens with zero attached hydrogens (tertiary/aromatic N) is 2. The van der Waals surface area contributed by atoms with Crippen molar-refractivity contribution in [2.45, 2.75) is 83.1 Å². The summed E-state index contributed by atoms with van der Waals surface area (Å²) >= 11 is -7.21. The van der Waals surface area contributed by atoms with E-state index in [2.05, 4.69) is 317 Å². The van der Waals surface area contributed by atoms with Gasteiger partial charge in [-0.15, -0.1) is 0 Å². The second-order valence-corrected chi connectivity index (χ2v) is 39.5. The molecule has 0 aromatic heterocycles. The molecule has 0 bridgehead atoms. The van der Waals surface area contributed by atoms with E-state index < -0.39 is 26.5 Å². The average Bonchev–Trinajstić information content (AvgIpc) is 0.903. The SMILES string of the molecule is Cc1cc(C)c(C)c(B(c2c(C)c(C)c(N3c4cccc[c]4[Ge]([c]4ccccc4)([c]4ccccc4)[c]4ccccc43)c(C)c2C)c2c(C)c(C)c(N3c4cccc[c]4[Ge]([c]4ccccc4)([c]4ccccc4)[c]4ccccc43)c(C)c2C)c1C. The van der Waals surface area contributed by atoms with E-state index in [1.165, 1.54) is 152 Å². The van der Waals surface area contributed by atoms with Crippen LogP contribution in [0.3, 0.4) is 0 Å². The molecule has 0 saturated carbocycles. The van der Waals surface area contributed by atoms with Crippen LogP contribution in [0.4, 0.5) is 34.1 Å². The minimum atomic E-state index is -3.61. The third kappa shape index (κ3) is 7.97. The molecule has 13 rings (SSSR count). The van der Waals surface area contributed by atoms with Crippen molar-refractivity contribution < 1.29 is 0 Å². The monoisotopic (exact) mass is 1200 g/mol. The molecule has 11 aromatic carbocycles. The Morgan fingerprint density at radius 1 is 0.241 bits per heavy atom. The van der Waals surface area contributed by atoms with E-state index in [-0.39, 0.29) is 6.71 Å². The molecule has 5 heteroatoms. The third-order valence-corrected chi connectivity index (χ3v) is 40.4. The van der Waals surface area contributed by atoms with Crippen LogP contribution in [0, 0.1) is 83.1 Å². The zero-order valence-corrected chi connectivity index (χ0v) is 54.5. The molecule has 11 aromatic rings. The molecule has 0 amide bonds. The first kappa shape index (κ1) is 54.4. The Hall–Kier alpha value is -7.83. The van der Waals surface area contributed by atoms with Gasteiger partial charge in [-0.3, -0.25) is 0 Å². The number of hydrogen-bond acceptors (Lipinski definition) is 2. The molecule has 2 nitrogen and oxygen atoms in total. The van der Waals surface area contributed by atoms with E-state index in [0.29, 0.717) is 0 Å². The van der Waals surface area contributed by atoms with Gasteiger partial charge in [0.05, 0.1) is 0 Å². The number of hydrogen-bond donors (Lipinski definition) is 0.